The Balaban J connectivity index is 1.68. The number of halogens is 2. The SMILES string of the molecule is Fc1ccc(CNC2CCc3cc(Br)ccc32)cc1. The van der Waals surface area contributed by atoms with Gasteiger partial charge in [0.05, 0.1) is 0 Å². The van der Waals surface area contributed by atoms with Gasteiger partial charge in [-0.05, 0) is 53.8 Å². The molecule has 1 nitrogen and oxygen atoms in total. The van der Waals surface area contributed by atoms with Crippen molar-refractivity contribution < 1.29 is 4.39 Å². The van der Waals surface area contributed by atoms with E-state index in [1.165, 1.54) is 23.3 Å². The predicted molar refractivity (Wildman–Crippen MR) is 78.4 cm³/mol. The molecular weight excluding hydrogens is 305 g/mol. The molecule has 0 spiro atoms. The standard InChI is InChI=1S/C16H15BrFN/c17-13-4-7-15-12(9-13)3-8-16(15)19-10-11-1-5-14(18)6-2-11/h1-2,4-7,9,16,19H,3,8,10H2. The molecule has 0 amide bonds. The lowest BCUT2D eigenvalue weighted by molar-refractivity contribution is 0.529. The molecule has 0 heterocycles. The van der Waals surface area contributed by atoms with E-state index in [2.05, 4.69) is 39.4 Å². The number of nitrogens with one attached hydrogen (secondary N) is 1. The summed E-state index contributed by atoms with van der Waals surface area (Å²) in [6, 6.07) is 13.6. The lowest BCUT2D eigenvalue weighted by Crippen LogP contribution is -2.18. The van der Waals surface area contributed by atoms with Crippen LogP contribution >= 0.6 is 15.9 Å². The molecule has 3 rings (SSSR count). The van der Waals surface area contributed by atoms with Crippen LogP contribution in [0.2, 0.25) is 0 Å². The van der Waals surface area contributed by atoms with Crippen molar-refractivity contribution in [1.82, 2.24) is 5.32 Å². The average Bonchev–Trinajstić information content (AvgIpc) is 2.80. The summed E-state index contributed by atoms with van der Waals surface area (Å²) >= 11 is 3.51. The molecule has 2 aromatic rings. The molecule has 1 aliphatic carbocycles. The van der Waals surface area contributed by atoms with Crippen molar-refractivity contribution in [3.05, 3.63) is 69.4 Å². The van der Waals surface area contributed by atoms with E-state index in [1.54, 1.807) is 0 Å². The van der Waals surface area contributed by atoms with Gasteiger partial charge in [0, 0.05) is 17.1 Å². The van der Waals surface area contributed by atoms with E-state index in [0.29, 0.717) is 6.04 Å². The van der Waals surface area contributed by atoms with Crippen LogP contribution in [0.25, 0.3) is 0 Å². The summed E-state index contributed by atoms with van der Waals surface area (Å²) in [7, 11) is 0. The van der Waals surface area contributed by atoms with Crippen molar-refractivity contribution in [2.75, 3.05) is 0 Å². The van der Waals surface area contributed by atoms with Crippen LogP contribution in [0.1, 0.15) is 29.2 Å². The van der Waals surface area contributed by atoms with Crippen LogP contribution in [0, 0.1) is 5.82 Å². The fourth-order valence-electron chi connectivity index (χ4n) is 2.64. The highest BCUT2D eigenvalue weighted by Gasteiger charge is 2.21. The molecule has 0 saturated carbocycles. The van der Waals surface area contributed by atoms with Crippen LogP contribution < -0.4 is 5.32 Å². The van der Waals surface area contributed by atoms with E-state index in [1.807, 2.05) is 12.1 Å². The molecule has 3 heteroatoms. The van der Waals surface area contributed by atoms with Crippen molar-refractivity contribution in [2.45, 2.75) is 25.4 Å². The van der Waals surface area contributed by atoms with Gasteiger partial charge in [0.2, 0.25) is 0 Å². The zero-order valence-electron chi connectivity index (χ0n) is 10.5. The summed E-state index contributed by atoms with van der Waals surface area (Å²) in [5, 5.41) is 3.56. The van der Waals surface area contributed by atoms with Gasteiger partial charge in [-0.2, -0.15) is 0 Å². The highest BCUT2D eigenvalue weighted by molar-refractivity contribution is 9.10. The maximum absolute atomic E-state index is 12.8. The summed E-state index contributed by atoms with van der Waals surface area (Å²) < 4.78 is 14.0. The monoisotopic (exact) mass is 319 g/mol. The van der Waals surface area contributed by atoms with Gasteiger partial charge in [0.25, 0.3) is 0 Å². The van der Waals surface area contributed by atoms with Gasteiger partial charge in [0.1, 0.15) is 5.82 Å². The second-order valence-electron chi connectivity index (χ2n) is 4.94. The number of hydrogen-bond donors (Lipinski definition) is 1. The lowest BCUT2D eigenvalue weighted by Gasteiger charge is -2.14. The lowest BCUT2D eigenvalue weighted by atomic mass is 10.1. The van der Waals surface area contributed by atoms with E-state index < -0.39 is 0 Å². The molecule has 0 bridgehead atoms. The van der Waals surface area contributed by atoms with E-state index >= 15 is 0 Å². The second-order valence-corrected chi connectivity index (χ2v) is 5.86. The number of aryl methyl sites for hydroxylation is 1. The molecule has 2 aromatic carbocycles. The third-order valence-electron chi connectivity index (χ3n) is 3.65. The first kappa shape index (κ1) is 12.8. The molecule has 1 N–H and O–H groups in total. The van der Waals surface area contributed by atoms with Crippen LogP contribution in [-0.2, 0) is 13.0 Å². The number of hydrogen-bond acceptors (Lipinski definition) is 1. The average molecular weight is 320 g/mol. The summed E-state index contributed by atoms with van der Waals surface area (Å²) in [5.74, 6) is -0.181. The van der Waals surface area contributed by atoms with E-state index in [9.17, 15) is 4.39 Å². The van der Waals surface area contributed by atoms with Crippen LogP contribution in [0.4, 0.5) is 4.39 Å². The highest BCUT2D eigenvalue weighted by atomic mass is 79.9. The van der Waals surface area contributed by atoms with Crippen LogP contribution in [0.15, 0.2) is 46.9 Å². The first-order valence-electron chi connectivity index (χ1n) is 6.48. The number of fused-ring (bicyclic) bond motifs is 1. The van der Waals surface area contributed by atoms with Crippen molar-refractivity contribution in [3.63, 3.8) is 0 Å². The van der Waals surface area contributed by atoms with Gasteiger partial charge in [0.15, 0.2) is 0 Å². The summed E-state index contributed by atoms with van der Waals surface area (Å²) in [6.45, 7) is 0.778. The summed E-state index contributed by atoms with van der Waals surface area (Å²) in [4.78, 5) is 0. The van der Waals surface area contributed by atoms with Crippen molar-refractivity contribution in [3.8, 4) is 0 Å². The third kappa shape index (κ3) is 2.88. The zero-order chi connectivity index (χ0) is 13.2. The predicted octanol–water partition coefficient (Wildman–Crippen LogP) is 4.37. The summed E-state index contributed by atoms with van der Waals surface area (Å²) in [6.07, 6.45) is 2.25. The van der Waals surface area contributed by atoms with E-state index in [-0.39, 0.29) is 5.82 Å². The molecule has 1 aliphatic rings. The fourth-order valence-corrected chi connectivity index (χ4v) is 3.05. The Hall–Kier alpha value is -1.19. The Labute approximate surface area is 121 Å². The smallest absolute Gasteiger partial charge is 0.123 e. The maximum Gasteiger partial charge on any atom is 0.123 e. The Morgan fingerprint density at radius 3 is 2.74 bits per heavy atom. The number of rotatable bonds is 3. The molecule has 19 heavy (non-hydrogen) atoms. The Morgan fingerprint density at radius 1 is 1.16 bits per heavy atom. The quantitative estimate of drug-likeness (QED) is 0.886. The van der Waals surface area contributed by atoms with Crippen molar-refractivity contribution in [1.29, 1.82) is 0 Å². The van der Waals surface area contributed by atoms with E-state index in [0.717, 1.165) is 29.4 Å². The second kappa shape index (κ2) is 5.43. The molecule has 0 saturated heterocycles. The van der Waals surface area contributed by atoms with Crippen molar-refractivity contribution in [2.24, 2.45) is 0 Å². The minimum atomic E-state index is -0.181. The summed E-state index contributed by atoms with van der Waals surface area (Å²) in [5.41, 5.74) is 3.93. The van der Waals surface area contributed by atoms with Gasteiger partial charge in [-0.3, -0.25) is 0 Å². The zero-order valence-corrected chi connectivity index (χ0v) is 12.1. The Kier molecular flexibility index (Phi) is 3.67. The van der Waals surface area contributed by atoms with Crippen LogP contribution in [-0.4, -0.2) is 0 Å². The third-order valence-corrected chi connectivity index (χ3v) is 4.14. The molecule has 0 fully saturated rings. The molecule has 0 radical (unpaired) electrons. The maximum atomic E-state index is 12.8. The van der Waals surface area contributed by atoms with Gasteiger partial charge in [-0.25, -0.2) is 4.39 Å². The van der Waals surface area contributed by atoms with Gasteiger partial charge >= 0.3 is 0 Å². The Bertz CT molecular complexity index is 580. The number of benzene rings is 2. The van der Waals surface area contributed by atoms with Gasteiger partial charge < -0.3 is 5.32 Å². The Morgan fingerprint density at radius 2 is 1.95 bits per heavy atom. The minimum Gasteiger partial charge on any atom is -0.306 e. The van der Waals surface area contributed by atoms with Crippen molar-refractivity contribution >= 4 is 15.9 Å². The molecular formula is C16H15BrFN. The minimum absolute atomic E-state index is 0.181. The first-order chi connectivity index (χ1) is 9.22. The molecule has 1 unspecified atom stereocenters. The van der Waals surface area contributed by atoms with Crippen LogP contribution in [0.5, 0.6) is 0 Å². The molecule has 0 aromatic heterocycles. The topological polar surface area (TPSA) is 12.0 Å². The van der Waals surface area contributed by atoms with Crippen LogP contribution in [0.3, 0.4) is 0 Å². The van der Waals surface area contributed by atoms with E-state index in [4.69, 9.17) is 0 Å². The largest absolute Gasteiger partial charge is 0.306 e. The van der Waals surface area contributed by atoms with Gasteiger partial charge in [-0.1, -0.05) is 34.1 Å². The normalized spacial score (nSPS) is 17.5. The molecule has 98 valence electrons. The fraction of sp³-hybridized carbons (Fsp3) is 0.250. The molecule has 1 atom stereocenters. The highest BCUT2D eigenvalue weighted by Crippen LogP contribution is 2.33. The van der Waals surface area contributed by atoms with Gasteiger partial charge in [-0.15, -0.1) is 0 Å². The first-order valence-corrected chi connectivity index (χ1v) is 7.28. The molecule has 0 aliphatic heterocycles.